The summed E-state index contributed by atoms with van der Waals surface area (Å²) in [4.78, 5) is 15.4. The van der Waals surface area contributed by atoms with E-state index in [1.807, 2.05) is 13.1 Å². The smallest absolute Gasteiger partial charge is 0.337 e. The summed E-state index contributed by atoms with van der Waals surface area (Å²) in [5, 5.41) is 21.2. The molecule has 3 rings (SSSR count). The van der Waals surface area contributed by atoms with Crippen LogP contribution in [0.15, 0.2) is 36.7 Å². The Morgan fingerprint density at radius 3 is 2.96 bits per heavy atom. The number of halogens is 1. The third-order valence-electron chi connectivity index (χ3n) is 3.64. The fourth-order valence-electron chi connectivity index (χ4n) is 2.45. The highest BCUT2D eigenvalue weighted by atomic mass is 35.5. The molecule has 0 saturated carbocycles. The number of carboxylic acids is 1. The van der Waals surface area contributed by atoms with Crippen molar-refractivity contribution in [2.45, 2.75) is 6.54 Å². The maximum atomic E-state index is 11.4. The second-order valence-corrected chi connectivity index (χ2v) is 5.84. The van der Waals surface area contributed by atoms with Gasteiger partial charge in [0.2, 0.25) is 0 Å². The highest BCUT2D eigenvalue weighted by molar-refractivity contribution is 6.31. The van der Waals surface area contributed by atoms with E-state index >= 15 is 0 Å². The van der Waals surface area contributed by atoms with Gasteiger partial charge in [0.1, 0.15) is 6.54 Å². The molecule has 0 bridgehead atoms. The molecule has 2 aromatic heterocycles. The summed E-state index contributed by atoms with van der Waals surface area (Å²) in [6.07, 6.45) is 2.88. The predicted molar refractivity (Wildman–Crippen MR) is 101 cm³/mol. The molecule has 0 amide bonds. The number of hydrogen-bond donors (Lipinski definition) is 3. The van der Waals surface area contributed by atoms with E-state index in [-0.39, 0.29) is 5.56 Å². The summed E-state index contributed by atoms with van der Waals surface area (Å²) in [5.41, 5.74) is 1.31. The zero-order chi connectivity index (χ0) is 18.5. The lowest BCUT2D eigenvalue weighted by molar-refractivity contribution is 0.0698. The Morgan fingerprint density at radius 1 is 1.35 bits per heavy atom. The van der Waals surface area contributed by atoms with E-state index in [1.165, 1.54) is 18.5 Å². The van der Waals surface area contributed by atoms with Crippen molar-refractivity contribution < 1.29 is 9.90 Å². The molecular weight excluding hydrogens is 354 g/mol. The number of carbonyl (C=O) groups is 1. The Labute approximate surface area is 155 Å². The van der Waals surface area contributed by atoms with Crippen LogP contribution < -0.4 is 10.6 Å². The van der Waals surface area contributed by atoms with E-state index in [0.717, 1.165) is 10.9 Å². The summed E-state index contributed by atoms with van der Waals surface area (Å²) in [6.45, 7) is 0.994. The lowest BCUT2D eigenvalue weighted by atomic mass is 10.2. The Hall–Kier alpha value is -3.08. The summed E-state index contributed by atoms with van der Waals surface area (Å²) in [7, 11) is 1.83. The molecule has 2 heterocycles. The average molecular weight is 370 g/mol. The van der Waals surface area contributed by atoms with E-state index in [1.54, 1.807) is 16.8 Å². The molecule has 0 radical (unpaired) electrons. The van der Waals surface area contributed by atoms with E-state index in [4.69, 9.17) is 11.6 Å². The van der Waals surface area contributed by atoms with Crippen molar-refractivity contribution >= 4 is 40.0 Å². The topological polar surface area (TPSA) is 92.1 Å². The van der Waals surface area contributed by atoms with Crippen LogP contribution >= 0.6 is 11.6 Å². The van der Waals surface area contributed by atoms with Gasteiger partial charge in [-0.3, -0.25) is 9.67 Å². The first-order chi connectivity index (χ1) is 12.6. The number of aromatic carboxylic acids is 1. The molecule has 132 valence electrons. The van der Waals surface area contributed by atoms with Gasteiger partial charge in [-0.05, 0) is 31.3 Å². The van der Waals surface area contributed by atoms with E-state index in [9.17, 15) is 9.90 Å². The van der Waals surface area contributed by atoms with Gasteiger partial charge >= 0.3 is 5.97 Å². The molecule has 0 aliphatic heterocycles. The fourth-order valence-corrected chi connectivity index (χ4v) is 2.63. The minimum atomic E-state index is -1.05. The van der Waals surface area contributed by atoms with Gasteiger partial charge in [-0.1, -0.05) is 23.4 Å². The third-order valence-corrected chi connectivity index (χ3v) is 3.87. The van der Waals surface area contributed by atoms with Gasteiger partial charge in [-0.15, -0.1) is 0 Å². The highest BCUT2D eigenvalue weighted by Crippen LogP contribution is 2.29. The van der Waals surface area contributed by atoms with Crippen LogP contribution in [0.3, 0.4) is 0 Å². The van der Waals surface area contributed by atoms with Gasteiger partial charge in [-0.2, -0.15) is 5.10 Å². The second-order valence-electron chi connectivity index (χ2n) is 5.40. The summed E-state index contributed by atoms with van der Waals surface area (Å²) in [6, 6.07) is 6.84. The van der Waals surface area contributed by atoms with Gasteiger partial charge in [0.25, 0.3) is 0 Å². The van der Waals surface area contributed by atoms with Crippen molar-refractivity contribution in [1.82, 2.24) is 20.1 Å². The maximum Gasteiger partial charge on any atom is 0.337 e. The van der Waals surface area contributed by atoms with Crippen LogP contribution in [-0.2, 0) is 6.54 Å². The van der Waals surface area contributed by atoms with E-state index < -0.39 is 5.97 Å². The van der Waals surface area contributed by atoms with Gasteiger partial charge in [-0.25, -0.2) is 4.79 Å². The largest absolute Gasteiger partial charge is 0.478 e. The molecule has 8 heteroatoms. The molecule has 0 aliphatic rings. The number of fused-ring (bicyclic) bond motifs is 1. The molecule has 0 spiro atoms. The zero-order valence-corrected chi connectivity index (χ0v) is 14.7. The molecule has 26 heavy (non-hydrogen) atoms. The minimum absolute atomic E-state index is 0.110. The molecule has 1 aromatic carbocycles. The zero-order valence-electron chi connectivity index (χ0n) is 14.0. The van der Waals surface area contributed by atoms with Crippen LogP contribution in [0.1, 0.15) is 10.4 Å². The average Bonchev–Trinajstić information content (AvgIpc) is 2.96. The van der Waals surface area contributed by atoms with Crippen molar-refractivity contribution in [3.63, 3.8) is 0 Å². The van der Waals surface area contributed by atoms with Crippen molar-refractivity contribution in [2.24, 2.45) is 0 Å². The normalized spacial score (nSPS) is 10.4. The Bertz CT molecular complexity index is 1020. The van der Waals surface area contributed by atoms with Crippen LogP contribution in [0, 0.1) is 11.8 Å². The lowest BCUT2D eigenvalue weighted by Crippen LogP contribution is -2.06. The molecule has 0 atom stereocenters. The van der Waals surface area contributed by atoms with Crippen molar-refractivity contribution in [1.29, 1.82) is 0 Å². The predicted octanol–water partition coefficient (Wildman–Crippen LogP) is 2.75. The van der Waals surface area contributed by atoms with Crippen molar-refractivity contribution in [2.75, 3.05) is 18.9 Å². The monoisotopic (exact) mass is 369 g/mol. The molecule has 3 aromatic rings. The number of rotatable bonds is 5. The fraction of sp³-hybridized carbons (Fsp3) is 0.167. The highest BCUT2D eigenvalue weighted by Gasteiger charge is 2.15. The molecule has 0 aliphatic carbocycles. The van der Waals surface area contributed by atoms with Crippen LogP contribution in [-0.4, -0.2) is 39.4 Å². The molecule has 0 unspecified atom stereocenters. The summed E-state index contributed by atoms with van der Waals surface area (Å²) >= 11 is 6.12. The van der Waals surface area contributed by atoms with Crippen molar-refractivity contribution in [3.05, 3.63) is 47.2 Å². The number of pyridine rings is 1. The molecule has 0 fully saturated rings. The lowest BCUT2D eigenvalue weighted by Gasteiger charge is -2.06. The molecule has 0 saturated heterocycles. The summed E-state index contributed by atoms with van der Waals surface area (Å²) in [5.74, 6) is 5.47. The number of hydrogen-bond acceptors (Lipinski definition) is 5. The first-order valence-corrected chi connectivity index (χ1v) is 8.18. The number of aromatic nitrogens is 3. The first-order valence-electron chi connectivity index (χ1n) is 7.81. The third kappa shape index (κ3) is 3.77. The number of carboxylic acid groups (broad SMARTS) is 1. The minimum Gasteiger partial charge on any atom is -0.478 e. The number of benzene rings is 1. The van der Waals surface area contributed by atoms with Crippen LogP contribution in [0.2, 0.25) is 5.02 Å². The van der Waals surface area contributed by atoms with Gasteiger partial charge in [0, 0.05) is 16.6 Å². The van der Waals surface area contributed by atoms with Gasteiger partial charge < -0.3 is 15.7 Å². The Morgan fingerprint density at radius 2 is 2.19 bits per heavy atom. The number of nitrogens with zero attached hydrogens (tertiary/aromatic N) is 3. The maximum absolute atomic E-state index is 11.4. The van der Waals surface area contributed by atoms with Crippen LogP contribution in [0.4, 0.5) is 11.5 Å². The standard InChI is InChI=1S/C18H16ClN5O2/c1-20-7-2-3-9-24-16-5-4-12(19)10-14(16)17(23-24)22-15-11-21-8-6-13(15)18(25)26/h4-6,8,10-11,20H,7,9H2,1H3,(H,22,23)(H,25,26). The number of nitrogens with one attached hydrogen (secondary N) is 2. The van der Waals surface area contributed by atoms with Gasteiger partial charge in [0.15, 0.2) is 5.82 Å². The van der Waals surface area contributed by atoms with Crippen molar-refractivity contribution in [3.8, 4) is 11.8 Å². The molecular formula is C18H16ClN5O2. The molecule has 3 N–H and O–H groups in total. The SMILES string of the molecule is CNCC#CCn1nc(Nc2cnccc2C(=O)O)c2cc(Cl)ccc21. The Kier molecular flexibility index (Phi) is 5.37. The second kappa shape index (κ2) is 7.87. The quantitative estimate of drug-likeness (QED) is 0.599. The van der Waals surface area contributed by atoms with E-state index in [0.29, 0.717) is 29.6 Å². The van der Waals surface area contributed by atoms with E-state index in [2.05, 4.69) is 32.6 Å². The number of anilines is 2. The Balaban J connectivity index is 2.02. The van der Waals surface area contributed by atoms with Gasteiger partial charge in [0.05, 0.1) is 29.5 Å². The molecule has 7 nitrogen and oxygen atoms in total. The first kappa shape index (κ1) is 17.7. The van der Waals surface area contributed by atoms with Crippen LogP contribution in [0.5, 0.6) is 0 Å². The summed E-state index contributed by atoms with van der Waals surface area (Å²) < 4.78 is 1.74. The van der Waals surface area contributed by atoms with Crippen LogP contribution in [0.25, 0.3) is 10.9 Å².